The number of carboxylic acids is 1. The van der Waals surface area contributed by atoms with Gasteiger partial charge in [0.2, 0.25) is 5.91 Å². The normalized spacial score (nSPS) is 17.2. The Balaban J connectivity index is 2.15. The number of carbonyl (C=O) groups excluding carboxylic acids is 2. The number of hydrogen-bond donors (Lipinski definition) is 5. The molecule has 0 aliphatic heterocycles. The van der Waals surface area contributed by atoms with Crippen molar-refractivity contribution in [3.63, 3.8) is 0 Å². The zero-order valence-corrected chi connectivity index (χ0v) is 10.7. The zero-order chi connectivity index (χ0) is 14.4. The number of aliphatic hydroxyl groups excluding tert-OH is 1. The first-order valence-corrected chi connectivity index (χ1v) is 6.15. The topological polar surface area (TPSA) is 128 Å². The Morgan fingerprint density at radius 2 is 1.95 bits per heavy atom. The molecule has 0 saturated heterocycles. The van der Waals surface area contributed by atoms with Gasteiger partial charge in [0.05, 0.1) is 0 Å². The summed E-state index contributed by atoms with van der Waals surface area (Å²) in [5, 5.41) is 24.9. The first kappa shape index (κ1) is 15.2. The maximum absolute atomic E-state index is 11.5. The molecule has 1 aliphatic rings. The molecule has 8 heteroatoms. The van der Waals surface area contributed by atoms with E-state index in [2.05, 4.69) is 16.0 Å². The number of aliphatic carboxylic acids is 1. The monoisotopic (exact) mass is 273 g/mol. The Labute approximate surface area is 110 Å². The quantitative estimate of drug-likeness (QED) is 0.397. The average molecular weight is 273 g/mol. The van der Waals surface area contributed by atoms with E-state index >= 15 is 0 Å². The van der Waals surface area contributed by atoms with E-state index in [1.165, 1.54) is 0 Å². The van der Waals surface area contributed by atoms with Gasteiger partial charge >= 0.3 is 12.0 Å². The van der Waals surface area contributed by atoms with Crippen LogP contribution in [0.4, 0.5) is 4.79 Å². The van der Waals surface area contributed by atoms with E-state index in [1.54, 1.807) is 6.92 Å². The van der Waals surface area contributed by atoms with Gasteiger partial charge in [-0.3, -0.25) is 4.79 Å². The predicted octanol–water partition coefficient (Wildman–Crippen LogP) is -1.21. The number of carbonyl (C=O) groups is 3. The third kappa shape index (κ3) is 6.05. The Bertz CT molecular complexity index is 356. The molecule has 19 heavy (non-hydrogen) atoms. The molecule has 3 amide bonds. The van der Waals surface area contributed by atoms with Gasteiger partial charge in [-0.25, -0.2) is 9.59 Å². The van der Waals surface area contributed by atoms with Gasteiger partial charge < -0.3 is 26.2 Å². The van der Waals surface area contributed by atoms with Crippen molar-refractivity contribution in [2.75, 3.05) is 6.54 Å². The van der Waals surface area contributed by atoms with Crippen molar-refractivity contribution in [1.82, 2.24) is 16.0 Å². The Morgan fingerprint density at radius 3 is 2.47 bits per heavy atom. The van der Waals surface area contributed by atoms with Crippen LogP contribution in [-0.2, 0) is 9.59 Å². The minimum Gasteiger partial charge on any atom is -0.479 e. The maximum Gasteiger partial charge on any atom is 0.332 e. The Hall–Kier alpha value is -1.83. The summed E-state index contributed by atoms with van der Waals surface area (Å²) in [6, 6.07) is -1.01. The molecule has 0 aromatic rings. The molecular weight excluding hydrogens is 254 g/mol. The number of nitrogens with one attached hydrogen (secondary N) is 3. The van der Waals surface area contributed by atoms with Gasteiger partial charge in [-0.1, -0.05) is 0 Å². The number of amides is 3. The molecule has 5 N–H and O–H groups in total. The van der Waals surface area contributed by atoms with E-state index < -0.39 is 24.1 Å². The average Bonchev–Trinajstić information content (AvgIpc) is 3.12. The van der Waals surface area contributed by atoms with Crippen molar-refractivity contribution in [1.29, 1.82) is 0 Å². The van der Waals surface area contributed by atoms with E-state index in [0.717, 1.165) is 12.8 Å². The molecule has 0 heterocycles. The van der Waals surface area contributed by atoms with E-state index in [0.29, 0.717) is 0 Å². The third-order valence-electron chi connectivity index (χ3n) is 2.65. The van der Waals surface area contributed by atoms with E-state index in [9.17, 15) is 14.4 Å². The largest absolute Gasteiger partial charge is 0.479 e. The van der Waals surface area contributed by atoms with Crippen LogP contribution in [0.5, 0.6) is 0 Å². The second-order valence-corrected chi connectivity index (χ2v) is 4.55. The Morgan fingerprint density at radius 1 is 1.32 bits per heavy atom. The van der Waals surface area contributed by atoms with Gasteiger partial charge in [0.15, 0.2) is 6.10 Å². The molecule has 1 unspecified atom stereocenters. The molecule has 0 radical (unpaired) electrons. The van der Waals surface area contributed by atoms with E-state index in [4.69, 9.17) is 10.2 Å². The summed E-state index contributed by atoms with van der Waals surface area (Å²) in [6.45, 7) is 1.57. The lowest BCUT2D eigenvalue weighted by molar-refractivity contribution is -0.146. The molecule has 1 aliphatic carbocycles. The predicted molar refractivity (Wildman–Crippen MR) is 65.4 cm³/mol. The van der Waals surface area contributed by atoms with Gasteiger partial charge in [0.1, 0.15) is 6.04 Å². The van der Waals surface area contributed by atoms with Crippen molar-refractivity contribution in [2.24, 2.45) is 0 Å². The van der Waals surface area contributed by atoms with Gasteiger partial charge in [-0.15, -0.1) is 0 Å². The minimum absolute atomic E-state index is 0.0102. The smallest absolute Gasteiger partial charge is 0.332 e. The number of urea groups is 1. The van der Waals surface area contributed by atoms with Gasteiger partial charge in [-0.2, -0.15) is 0 Å². The first-order valence-electron chi connectivity index (χ1n) is 6.15. The van der Waals surface area contributed by atoms with Crippen LogP contribution in [-0.4, -0.2) is 52.9 Å². The van der Waals surface area contributed by atoms with Crippen LogP contribution in [0.3, 0.4) is 0 Å². The van der Waals surface area contributed by atoms with Crippen LogP contribution in [0.15, 0.2) is 0 Å². The zero-order valence-electron chi connectivity index (χ0n) is 10.7. The standard InChI is InChI=1S/C11H19N3O5/c1-6(9(16)14-7-2-3-7)13-11(19)12-5-4-8(15)10(17)18/h6-8,15H,2-5H2,1H3,(H,14,16)(H,17,18)(H2,12,13,19)/t6?,8-/m0/s1. The first-order chi connectivity index (χ1) is 8.90. The van der Waals surface area contributed by atoms with Crippen molar-refractivity contribution < 1.29 is 24.6 Å². The molecule has 0 aromatic carbocycles. The highest BCUT2D eigenvalue weighted by atomic mass is 16.4. The van der Waals surface area contributed by atoms with Crippen LogP contribution in [0.25, 0.3) is 0 Å². The summed E-state index contributed by atoms with van der Waals surface area (Å²) in [6.07, 6.45) is 0.344. The fraction of sp³-hybridized carbons (Fsp3) is 0.727. The van der Waals surface area contributed by atoms with E-state index in [1.807, 2.05) is 0 Å². The second kappa shape index (κ2) is 6.93. The highest BCUT2D eigenvalue weighted by molar-refractivity contribution is 5.87. The second-order valence-electron chi connectivity index (χ2n) is 4.55. The molecule has 1 saturated carbocycles. The molecule has 1 fully saturated rings. The van der Waals surface area contributed by atoms with Crippen molar-refractivity contribution >= 4 is 17.9 Å². The molecular formula is C11H19N3O5. The minimum atomic E-state index is -1.50. The summed E-state index contributed by atoms with van der Waals surface area (Å²) in [5.41, 5.74) is 0. The van der Waals surface area contributed by atoms with Gasteiger partial charge in [-0.05, 0) is 19.8 Å². The van der Waals surface area contributed by atoms with Crippen molar-refractivity contribution in [3.05, 3.63) is 0 Å². The van der Waals surface area contributed by atoms with Crippen LogP contribution >= 0.6 is 0 Å². The molecule has 108 valence electrons. The number of hydrogen-bond acceptors (Lipinski definition) is 4. The summed E-state index contributed by atoms with van der Waals surface area (Å²) in [7, 11) is 0. The van der Waals surface area contributed by atoms with Crippen LogP contribution in [0.1, 0.15) is 26.2 Å². The van der Waals surface area contributed by atoms with Crippen LogP contribution < -0.4 is 16.0 Å². The fourth-order valence-corrected chi connectivity index (χ4v) is 1.31. The summed E-state index contributed by atoms with van der Waals surface area (Å²) >= 11 is 0. The lowest BCUT2D eigenvalue weighted by Crippen LogP contribution is -2.49. The third-order valence-corrected chi connectivity index (χ3v) is 2.65. The molecule has 1 rings (SSSR count). The number of rotatable bonds is 7. The highest BCUT2D eigenvalue weighted by Crippen LogP contribution is 2.18. The summed E-state index contributed by atoms with van der Waals surface area (Å²) in [4.78, 5) is 33.2. The number of aliphatic hydroxyl groups is 1. The molecule has 8 nitrogen and oxygen atoms in total. The molecule has 0 spiro atoms. The molecule has 2 atom stereocenters. The number of carboxylic acid groups (broad SMARTS) is 1. The summed E-state index contributed by atoms with van der Waals surface area (Å²) < 4.78 is 0. The van der Waals surface area contributed by atoms with Gasteiger partial charge in [0, 0.05) is 19.0 Å². The lowest BCUT2D eigenvalue weighted by Gasteiger charge is -2.14. The van der Waals surface area contributed by atoms with E-state index in [-0.39, 0.29) is 24.9 Å². The van der Waals surface area contributed by atoms with Crippen LogP contribution in [0, 0.1) is 0 Å². The highest BCUT2D eigenvalue weighted by Gasteiger charge is 2.26. The van der Waals surface area contributed by atoms with Crippen LogP contribution in [0.2, 0.25) is 0 Å². The molecule has 0 bridgehead atoms. The lowest BCUT2D eigenvalue weighted by atomic mass is 10.2. The van der Waals surface area contributed by atoms with Crippen molar-refractivity contribution in [3.8, 4) is 0 Å². The summed E-state index contributed by atoms with van der Waals surface area (Å²) in [5.74, 6) is -1.58. The Kier molecular flexibility index (Phi) is 5.56. The fourth-order valence-electron chi connectivity index (χ4n) is 1.31. The van der Waals surface area contributed by atoms with Gasteiger partial charge in [0.25, 0.3) is 0 Å². The maximum atomic E-state index is 11.5. The SMILES string of the molecule is CC(NC(=O)NCC[C@H](O)C(=O)O)C(=O)NC1CC1. The molecule has 0 aromatic heterocycles. The van der Waals surface area contributed by atoms with Crippen molar-refractivity contribution in [2.45, 2.75) is 44.4 Å².